The first-order chi connectivity index (χ1) is 13.9. The average molecular weight is 417 g/mol. The Kier molecular flexibility index (Phi) is 4.94. The Bertz CT molecular complexity index is 1080. The van der Waals surface area contributed by atoms with Crippen molar-refractivity contribution in [3.05, 3.63) is 59.2 Å². The molecule has 1 aromatic heterocycles. The Labute approximate surface area is 170 Å². The molecule has 156 valence electrons. The number of benzene rings is 1. The number of amides is 1. The van der Waals surface area contributed by atoms with Gasteiger partial charge in [-0.25, -0.2) is 14.4 Å². The summed E-state index contributed by atoms with van der Waals surface area (Å²) in [6.07, 6.45) is 1.21. The van der Waals surface area contributed by atoms with E-state index in [1.165, 1.54) is 38.2 Å². The van der Waals surface area contributed by atoms with Crippen LogP contribution in [0, 0.1) is 17.1 Å². The summed E-state index contributed by atoms with van der Waals surface area (Å²) in [5.74, 6) is -5.27. The normalized spacial score (nSPS) is 21.7. The van der Waals surface area contributed by atoms with E-state index in [9.17, 15) is 9.18 Å². The summed E-state index contributed by atoms with van der Waals surface area (Å²) in [5, 5.41) is 11.3. The molecular weight excluding hydrogens is 399 g/mol. The number of pyridine rings is 1. The standard InChI is InChI=1S/C20H18F3N5O2/c1-18(2)20(22,23)19(3,30-17(25)28-18)13-8-12(5-6-14(13)21)27-16(29)15-7-4-11(9-24)10-26-15/h4-8,10H,1-3H3,(H2,25,28)(H,27,29)/t19-/m1/s1. The molecule has 0 spiro atoms. The summed E-state index contributed by atoms with van der Waals surface area (Å²) < 4.78 is 50.2. The van der Waals surface area contributed by atoms with Gasteiger partial charge in [-0.15, -0.1) is 0 Å². The molecule has 0 aliphatic carbocycles. The number of hydrogen-bond donors (Lipinski definition) is 2. The van der Waals surface area contributed by atoms with Crippen molar-refractivity contribution in [3.63, 3.8) is 0 Å². The van der Waals surface area contributed by atoms with Crippen molar-refractivity contribution in [1.29, 1.82) is 5.26 Å². The number of aromatic nitrogens is 1. The van der Waals surface area contributed by atoms with Crippen molar-refractivity contribution in [2.24, 2.45) is 10.7 Å². The third kappa shape index (κ3) is 3.32. The predicted molar refractivity (Wildman–Crippen MR) is 102 cm³/mol. The molecule has 3 rings (SSSR count). The zero-order valence-electron chi connectivity index (χ0n) is 16.3. The molecule has 0 unspecified atom stereocenters. The van der Waals surface area contributed by atoms with E-state index in [1.54, 1.807) is 0 Å². The van der Waals surface area contributed by atoms with Crippen LogP contribution in [-0.4, -0.2) is 28.4 Å². The maximum absolute atomic E-state index is 15.2. The van der Waals surface area contributed by atoms with Gasteiger partial charge >= 0.3 is 5.92 Å². The van der Waals surface area contributed by atoms with E-state index in [-0.39, 0.29) is 16.9 Å². The minimum Gasteiger partial charge on any atom is -0.448 e. The van der Waals surface area contributed by atoms with Crippen LogP contribution in [0.5, 0.6) is 0 Å². The van der Waals surface area contributed by atoms with Gasteiger partial charge < -0.3 is 15.8 Å². The van der Waals surface area contributed by atoms with E-state index in [0.717, 1.165) is 19.1 Å². The third-order valence-corrected chi connectivity index (χ3v) is 4.93. The second kappa shape index (κ2) is 7.02. The van der Waals surface area contributed by atoms with Crippen molar-refractivity contribution in [2.45, 2.75) is 37.8 Å². The first kappa shape index (κ1) is 21.1. The Morgan fingerprint density at radius 1 is 1.23 bits per heavy atom. The molecule has 0 bridgehead atoms. The molecule has 2 heterocycles. The minimum absolute atomic E-state index is 0.0113. The van der Waals surface area contributed by atoms with Crippen LogP contribution in [0.1, 0.15) is 42.4 Å². The highest BCUT2D eigenvalue weighted by molar-refractivity contribution is 6.02. The SMILES string of the molecule is CC1(C)N=C(N)O[C@](C)(c2cc(NC(=O)c3ccc(C#N)cn3)ccc2F)C1(F)F. The molecule has 1 atom stereocenters. The lowest BCUT2D eigenvalue weighted by Crippen LogP contribution is -2.62. The summed E-state index contributed by atoms with van der Waals surface area (Å²) in [6.45, 7) is 3.35. The lowest BCUT2D eigenvalue weighted by atomic mass is 9.78. The smallest absolute Gasteiger partial charge is 0.315 e. The zero-order valence-corrected chi connectivity index (χ0v) is 16.3. The van der Waals surface area contributed by atoms with E-state index >= 15 is 8.78 Å². The number of ether oxygens (including phenoxy) is 1. The van der Waals surface area contributed by atoms with Crippen LogP contribution >= 0.6 is 0 Å². The summed E-state index contributed by atoms with van der Waals surface area (Å²) in [6, 6.07) is 7.32. The summed E-state index contributed by atoms with van der Waals surface area (Å²) >= 11 is 0. The molecule has 10 heteroatoms. The minimum atomic E-state index is -3.64. The number of hydrogen-bond acceptors (Lipinski definition) is 6. The molecule has 3 N–H and O–H groups in total. The number of nitrogens with two attached hydrogens (primary N) is 1. The van der Waals surface area contributed by atoms with Crippen LogP contribution in [0.2, 0.25) is 0 Å². The van der Waals surface area contributed by atoms with E-state index in [1.807, 2.05) is 6.07 Å². The van der Waals surface area contributed by atoms with Gasteiger partial charge in [0.1, 0.15) is 23.1 Å². The Morgan fingerprint density at radius 3 is 2.53 bits per heavy atom. The van der Waals surface area contributed by atoms with E-state index < -0.39 is 40.4 Å². The molecule has 7 nitrogen and oxygen atoms in total. The van der Waals surface area contributed by atoms with Crippen molar-refractivity contribution >= 4 is 17.6 Å². The Morgan fingerprint density at radius 2 is 1.93 bits per heavy atom. The number of anilines is 1. The molecule has 30 heavy (non-hydrogen) atoms. The molecule has 1 aromatic carbocycles. The van der Waals surface area contributed by atoms with Gasteiger partial charge in [0.2, 0.25) is 5.60 Å². The lowest BCUT2D eigenvalue weighted by molar-refractivity contribution is -0.215. The van der Waals surface area contributed by atoms with E-state index in [2.05, 4.69) is 15.3 Å². The van der Waals surface area contributed by atoms with Gasteiger partial charge in [0, 0.05) is 17.4 Å². The predicted octanol–water partition coefficient (Wildman–Crippen LogP) is 3.32. The van der Waals surface area contributed by atoms with Gasteiger partial charge in [-0.05, 0) is 51.1 Å². The van der Waals surface area contributed by atoms with Crippen molar-refractivity contribution < 1.29 is 22.7 Å². The monoisotopic (exact) mass is 417 g/mol. The number of nitrogens with one attached hydrogen (secondary N) is 1. The van der Waals surface area contributed by atoms with Crippen molar-refractivity contribution in [1.82, 2.24) is 4.98 Å². The number of nitriles is 1. The number of aliphatic imine (C=N–C) groups is 1. The van der Waals surface area contributed by atoms with E-state index in [0.29, 0.717) is 0 Å². The molecule has 0 saturated carbocycles. The van der Waals surface area contributed by atoms with Gasteiger partial charge in [0.25, 0.3) is 11.9 Å². The fourth-order valence-corrected chi connectivity index (χ4v) is 3.21. The largest absolute Gasteiger partial charge is 0.448 e. The zero-order chi connectivity index (χ0) is 22.3. The average Bonchev–Trinajstić information content (AvgIpc) is 2.67. The number of rotatable bonds is 3. The van der Waals surface area contributed by atoms with Crippen LogP contribution in [0.4, 0.5) is 18.9 Å². The highest BCUT2D eigenvalue weighted by Crippen LogP contribution is 2.51. The van der Waals surface area contributed by atoms with Gasteiger partial charge in [0.05, 0.1) is 5.56 Å². The quantitative estimate of drug-likeness (QED) is 0.795. The topological polar surface area (TPSA) is 113 Å². The fraction of sp³-hybridized carbons (Fsp3) is 0.300. The second-order valence-corrected chi connectivity index (χ2v) is 7.41. The Balaban J connectivity index is 1.98. The fourth-order valence-electron chi connectivity index (χ4n) is 3.21. The number of nitrogens with zero attached hydrogens (tertiary/aromatic N) is 3. The van der Waals surface area contributed by atoms with Gasteiger partial charge in [0.15, 0.2) is 0 Å². The van der Waals surface area contributed by atoms with Gasteiger partial charge in [-0.3, -0.25) is 4.79 Å². The lowest BCUT2D eigenvalue weighted by Gasteiger charge is -2.47. The van der Waals surface area contributed by atoms with Gasteiger partial charge in [-0.1, -0.05) is 0 Å². The first-order valence-electron chi connectivity index (χ1n) is 8.81. The molecule has 0 radical (unpaired) electrons. The molecular formula is C20H18F3N5O2. The summed E-state index contributed by atoms with van der Waals surface area (Å²) in [7, 11) is 0. The van der Waals surface area contributed by atoms with Crippen molar-refractivity contribution in [2.75, 3.05) is 5.32 Å². The van der Waals surface area contributed by atoms with Crippen LogP contribution in [0.3, 0.4) is 0 Å². The molecule has 1 amide bonds. The third-order valence-electron chi connectivity index (χ3n) is 4.93. The maximum atomic E-state index is 15.2. The molecule has 0 saturated heterocycles. The Hall–Kier alpha value is -3.61. The van der Waals surface area contributed by atoms with Crippen molar-refractivity contribution in [3.8, 4) is 6.07 Å². The highest BCUT2D eigenvalue weighted by atomic mass is 19.3. The number of carbonyl (C=O) groups is 1. The summed E-state index contributed by atoms with van der Waals surface area (Å²) in [5.41, 5.74) is 0.957. The van der Waals surface area contributed by atoms with E-state index in [4.69, 9.17) is 15.7 Å². The number of amidine groups is 1. The van der Waals surface area contributed by atoms with Crippen LogP contribution in [0.15, 0.2) is 41.5 Å². The molecule has 1 aliphatic heterocycles. The first-order valence-corrected chi connectivity index (χ1v) is 8.81. The number of halogens is 3. The molecule has 0 fully saturated rings. The van der Waals surface area contributed by atoms with Crippen LogP contribution in [-0.2, 0) is 10.3 Å². The second-order valence-electron chi connectivity index (χ2n) is 7.41. The van der Waals surface area contributed by atoms with Gasteiger partial charge in [-0.2, -0.15) is 14.0 Å². The number of carbonyl (C=O) groups excluding carboxylic acids is 1. The maximum Gasteiger partial charge on any atom is 0.315 e. The van der Waals surface area contributed by atoms with Crippen LogP contribution < -0.4 is 11.1 Å². The molecule has 1 aliphatic rings. The van der Waals surface area contributed by atoms with Crippen LogP contribution in [0.25, 0.3) is 0 Å². The highest BCUT2D eigenvalue weighted by Gasteiger charge is 2.66. The molecule has 2 aromatic rings. The number of alkyl halides is 2. The summed E-state index contributed by atoms with van der Waals surface area (Å²) in [4.78, 5) is 19.9.